The third-order valence-electron chi connectivity index (χ3n) is 4.16. The van der Waals surface area contributed by atoms with E-state index in [1.807, 2.05) is 37.3 Å². The zero-order chi connectivity index (χ0) is 22.4. The molecule has 0 aliphatic rings. The van der Waals surface area contributed by atoms with Crippen LogP contribution >= 0.6 is 0 Å². The van der Waals surface area contributed by atoms with Crippen molar-refractivity contribution in [2.45, 2.75) is 45.7 Å². The normalized spacial score (nSPS) is 12.8. The van der Waals surface area contributed by atoms with Crippen LogP contribution < -0.4 is 5.32 Å². The molecule has 9 nitrogen and oxygen atoms in total. The molecule has 0 aliphatic carbocycles. The van der Waals surface area contributed by atoms with Crippen molar-refractivity contribution in [3.63, 3.8) is 0 Å². The number of rotatable bonds is 15. The second-order valence-electron chi connectivity index (χ2n) is 6.52. The van der Waals surface area contributed by atoms with Gasteiger partial charge >= 0.3 is 11.9 Å². The highest BCUT2D eigenvalue weighted by Gasteiger charge is 2.29. The molecule has 1 aromatic rings. The lowest BCUT2D eigenvalue weighted by Crippen LogP contribution is -2.52. The van der Waals surface area contributed by atoms with E-state index < -0.39 is 36.5 Å². The van der Waals surface area contributed by atoms with Gasteiger partial charge in [0.2, 0.25) is 0 Å². The van der Waals surface area contributed by atoms with E-state index >= 15 is 0 Å². The van der Waals surface area contributed by atoms with Crippen molar-refractivity contribution in [3.05, 3.63) is 35.9 Å². The molecule has 0 aromatic heterocycles. The van der Waals surface area contributed by atoms with Crippen molar-refractivity contribution in [1.29, 1.82) is 0 Å². The number of benzene rings is 1. The molecule has 0 heterocycles. The second-order valence-corrected chi connectivity index (χ2v) is 6.52. The van der Waals surface area contributed by atoms with Crippen LogP contribution in [0, 0.1) is 0 Å². The Hall–Kier alpha value is -2.49. The number of nitrogens with zero attached hydrogens (tertiary/aromatic N) is 1. The van der Waals surface area contributed by atoms with Gasteiger partial charge in [-0.3, -0.25) is 24.5 Å². The number of amides is 1. The van der Waals surface area contributed by atoms with Gasteiger partial charge in [-0.1, -0.05) is 30.3 Å². The minimum absolute atomic E-state index is 0.0366. The van der Waals surface area contributed by atoms with E-state index in [1.54, 1.807) is 13.8 Å². The summed E-state index contributed by atoms with van der Waals surface area (Å²) in [4.78, 5) is 41.5. The lowest BCUT2D eigenvalue weighted by atomic mass is 10.0. The molecule has 0 saturated carbocycles. The number of carboxylic acids is 1. The van der Waals surface area contributed by atoms with E-state index in [9.17, 15) is 14.4 Å². The molecule has 30 heavy (non-hydrogen) atoms. The molecule has 1 aromatic carbocycles. The summed E-state index contributed by atoms with van der Waals surface area (Å²) in [7, 11) is 0. The number of esters is 1. The van der Waals surface area contributed by atoms with Crippen molar-refractivity contribution >= 4 is 17.8 Å². The number of hydrogen-bond acceptors (Lipinski definition) is 7. The Kier molecular flexibility index (Phi) is 12.3. The first-order chi connectivity index (χ1) is 14.4. The molecule has 2 N–H and O–H groups in total. The van der Waals surface area contributed by atoms with Gasteiger partial charge in [-0.15, -0.1) is 0 Å². The maximum absolute atomic E-state index is 12.7. The summed E-state index contributed by atoms with van der Waals surface area (Å²) in [6.45, 7) is 5.42. The number of hydrogen-bond donors (Lipinski definition) is 2. The number of hydroxylamine groups is 2. The fraction of sp³-hybridized carbons (Fsp3) is 0.571. The topological polar surface area (TPSA) is 114 Å². The molecule has 9 heteroatoms. The quantitative estimate of drug-likeness (QED) is 0.247. The average Bonchev–Trinajstić information content (AvgIpc) is 2.73. The first-order valence-corrected chi connectivity index (χ1v) is 10.1. The predicted octanol–water partition coefficient (Wildman–Crippen LogP) is 1.41. The number of nitrogens with one attached hydrogen (secondary N) is 1. The summed E-state index contributed by atoms with van der Waals surface area (Å²) in [6, 6.07) is 8.07. The molecular weight excluding hydrogens is 392 g/mol. The molecule has 1 amide bonds. The molecule has 0 saturated heterocycles. The number of aryl methyl sites for hydroxylation is 1. The van der Waals surface area contributed by atoms with Crippen molar-refractivity contribution in [2.75, 3.05) is 33.0 Å². The van der Waals surface area contributed by atoms with Crippen molar-refractivity contribution in [3.8, 4) is 0 Å². The SMILES string of the molecule is CCOCCON(CC(=O)O)C(=O)[C@H](C)NC(CCc1ccccc1)C(=O)OCC. The van der Waals surface area contributed by atoms with Crippen molar-refractivity contribution < 1.29 is 33.8 Å². The molecule has 0 bridgehead atoms. The van der Waals surface area contributed by atoms with E-state index in [4.69, 9.17) is 19.4 Å². The van der Waals surface area contributed by atoms with Crippen LogP contribution in [-0.4, -0.2) is 73.1 Å². The molecule has 0 fully saturated rings. The predicted molar refractivity (Wildman–Crippen MR) is 110 cm³/mol. The number of carbonyl (C=O) groups excluding carboxylic acids is 2. The van der Waals surface area contributed by atoms with Crippen LogP contribution in [0.2, 0.25) is 0 Å². The van der Waals surface area contributed by atoms with Crippen LogP contribution in [0.1, 0.15) is 32.8 Å². The lowest BCUT2D eigenvalue weighted by molar-refractivity contribution is -0.197. The van der Waals surface area contributed by atoms with Gasteiger partial charge < -0.3 is 14.6 Å². The molecular formula is C21H32N2O7. The molecule has 2 atom stereocenters. The zero-order valence-corrected chi connectivity index (χ0v) is 17.8. The minimum atomic E-state index is -1.21. The summed E-state index contributed by atoms with van der Waals surface area (Å²) in [5.41, 5.74) is 1.05. The third-order valence-corrected chi connectivity index (χ3v) is 4.16. The number of aliphatic carboxylic acids is 1. The first kappa shape index (κ1) is 25.5. The smallest absolute Gasteiger partial charge is 0.325 e. The first-order valence-electron chi connectivity index (χ1n) is 10.1. The maximum Gasteiger partial charge on any atom is 0.325 e. The maximum atomic E-state index is 12.7. The minimum Gasteiger partial charge on any atom is -0.480 e. The molecule has 1 rings (SSSR count). The van der Waals surface area contributed by atoms with Gasteiger partial charge in [0.1, 0.15) is 12.6 Å². The van der Waals surface area contributed by atoms with Gasteiger partial charge in [0.25, 0.3) is 5.91 Å². The summed E-state index contributed by atoms with van der Waals surface area (Å²) >= 11 is 0. The Morgan fingerprint density at radius 1 is 1.10 bits per heavy atom. The van der Waals surface area contributed by atoms with E-state index in [-0.39, 0.29) is 19.8 Å². The van der Waals surface area contributed by atoms with Crippen LogP contribution in [0.5, 0.6) is 0 Å². The Bertz CT molecular complexity index is 654. The van der Waals surface area contributed by atoms with Crippen LogP contribution in [0.25, 0.3) is 0 Å². The van der Waals surface area contributed by atoms with Gasteiger partial charge in [0, 0.05) is 6.61 Å². The standard InChI is InChI=1S/C21H32N2O7/c1-4-28-13-14-30-23(15-19(24)25)20(26)16(3)22-18(21(27)29-5-2)12-11-17-9-7-6-8-10-17/h6-10,16,18,22H,4-5,11-15H2,1-3H3,(H,24,25)/t16-,18?/m0/s1. The zero-order valence-electron chi connectivity index (χ0n) is 17.8. The summed E-state index contributed by atoms with van der Waals surface area (Å²) in [5, 5.41) is 12.8. The number of carboxylic acid groups (broad SMARTS) is 1. The monoisotopic (exact) mass is 424 g/mol. The van der Waals surface area contributed by atoms with Crippen molar-refractivity contribution in [2.24, 2.45) is 0 Å². The van der Waals surface area contributed by atoms with Gasteiger partial charge in [0.15, 0.2) is 0 Å². The van der Waals surface area contributed by atoms with Crippen LogP contribution in [-0.2, 0) is 35.1 Å². The highest BCUT2D eigenvalue weighted by Crippen LogP contribution is 2.08. The van der Waals surface area contributed by atoms with Gasteiger partial charge in [-0.25, -0.2) is 5.06 Å². The molecule has 0 radical (unpaired) electrons. The van der Waals surface area contributed by atoms with E-state index in [1.165, 1.54) is 0 Å². The Morgan fingerprint density at radius 3 is 2.40 bits per heavy atom. The highest BCUT2D eigenvalue weighted by atomic mass is 16.7. The molecule has 0 spiro atoms. The van der Waals surface area contributed by atoms with Crippen molar-refractivity contribution in [1.82, 2.24) is 10.4 Å². The molecule has 168 valence electrons. The van der Waals surface area contributed by atoms with Crippen LogP contribution in [0.15, 0.2) is 30.3 Å². The Morgan fingerprint density at radius 2 is 1.80 bits per heavy atom. The van der Waals surface area contributed by atoms with E-state index in [0.717, 1.165) is 10.6 Å². The van der Waals surface area contributed by atoms with Gasteiger partial charge in [-0.2, -0.15) is 0 Å². The van der Waals surface area contributed by atoms with Crippen LogP contribution in [0.3, 0.4) is 0 Å². The summed E-state index contributed by atoms with van der Waals surface area (Å²) in [5.74, 6) is -2.27. The van der Waals surface area contributed by atoms with Gasteiger partial charge in [-0.05, 0) is 39.2 Å². The highest BCUT2D eigenvalue weighted by molar-refractivity contribution is 5.85. The molecule has 0 aliphatic heterocycles. The molecule has 1 unspecified atom stereocenters. The van der Waals surface area contributed by atoms with E-state index in [0.29, 0.717) is 19.4 Å². The fourth-order valence-corrected chi connectivity index (χ4v) is 2.72. The van der Waals surface area contributed by atoms with Gasteiger partial charge in [0.05, 0.1) is 25.9 Å². The Balaban J connectivity index is 2.76. The fourth-order valence-electron chi connectivity index (χ4n) is 2.72. The van der Waals surface area contributed by atoms with E-state index in [2.05, 4.69) is 5.32 Å². The average molecular weight is 424 g/mol. The lowest BCUT2D eigenvalue weighted by Gasteiger charge is -2.26. The van der Waals surface area contributed by atoms with Crippen LogP contribution in [0.4, 0.5) is 0 Å². The third kappa shape index (κ3) is 9.82. The second kappa shape index (κ2) is 14.5. The number of carbonyl (C=O) groups is 3. The summed E-state index contributed by atoms with van der Waals surface area (Å²) in [6.07, 6.45) is 1.03. The number of ether oxygens (including phenoxy) is 2. The summed E-state index contributed by atoms with van der Waals surface area (Å²) < 4.78 is 10.3. The Labute approximate surface area is 177 Å². The largest absolute Gasteiger partial charge is 0.480 e.